The van der Waals surface area contributed by atoms with Crippen molar-refractivity contribution in [3.05, 3.63) is 52.2 Å². The first-order chi connectivity index (χ1) is 8.99. The highest BCUT2D eigenvalue weighted by Crippen LogP contribution is 2.27. The fourth-order valence-corrected chi connectivity index (χ4v) is 2.35. The lowest BCUT2D eigenvalue weighted by Crippen LogP contribution is -2.14. The average molecular weight is 292 g/mol. The number of halogens is 1. The maximum absolute atomic E-state index is 6.20. The second-order valence-corrected chi connectivity index (χ2v) is 5.17. The highest BCUT2D eigenvalue weighted by molar-refractivity contribution is 7.80. The van der Waals surface area contributed by atoms with Crippen molar-refractivity contribution in [1.82, 2.24) is 4.98 Å². The Labute approximate surface area is 122 Å². The summed E-state index contributed by atoms with van der Waals surface area (Å²) in [6, 6.07) is 7.64. The van der Waals surface area contributed by atoms with Crippen molar-refractivity contribution < 1.29 is 0 Å². The van der Waals surface area contributed by atoms with E-state index in [0.717, 1.165) is 22.4 Å². The quantitative estimate of drug-likeness (QED) is 0.846. The minimum absolute atomic E-state index is 0.316. The molecule has 0 fully saturated rings. The van der Waals surface area contributed by atoms with E-state index in [1.165, 1.54) is 0 Å². The van der Waals surface area contributed by atoms with Gasteiger partial charge in [0.15, 0.2) is 0 Å². The molecule has 2 rings (SSSR count). The molecule has 0 aliphatic heterocycles. The van der Waals surface area contributed by atoms with Gasteiger partial charge in [-0.3, -0.25) is 0 Å². The number of aromatic nitrogens is 1. The van der Waals surface area contributed by atoms with E-state index in [4.69, 9.17) is 29.6 Å². The first-order valence-corrected chi connectivity index (χ1v) is 6.56. The summed E-state index contributed by atoms with van der Waals surface area (Å²) in [6.07, 6.45) is 1.71. The Bertz CT molecular complexity index is 641. The van der Waals surface area contributed by atoms with Crippen molar-refractivity contribution in [2.75, 3.05) is 5.32 Å². The van der Waals surface area contributed by atoms with Crippen molar-refractivity contribution in [3.63, 3.8) is 0 Å². The molecule has 0 atom stereocenters. The zero-order valence-corrected chi connectivity index (χ0v) is 12.3. The summed E-state index contributed by atoms with van der Waals surface area (Å²) in [5.74, 6) is 0.623. The molecule has 0 amide bonds. The summed E-state index contributed by atoms with van der Waals surface area (Å²) < 4.78 is 0. The average Bonchev–Trinajstić information content (AvgIpc) is 2.32. The van der Waals surface area contributed by atoms with Gasteiger partial charge in [0.1, 0.15) is 10.8 Å². The Hall–Kier alpha value is -1.65. The Morgan fingerprint density at radius 1 is 1.32 bits per heavy atom. The van der Waals surface area contributed by atoms with Crippen molar-refractivity contribution in [2.45, 2.75) is 13.8 Å². The van der Waals surface area contributed by atoms with Crippen LogP contribution in [0.3, 0.4) is 0 Å². The first kappa shape index (κ1) is 13.8. The molecule has 1 aromatic carbocycles. The van der Waals surface area contributed by atoms with Gasteiger partial charge >= 0.3 is 0 Å². The monoisotopic (exact) mass is 291 g/mol. The number of rotatable bonds is 3. The van der Waals surface area contributed by atoms with Crippen LogP contribution < -0.4 is 11.1 Å². The van der Waals surface area contributed by atoms with Gasteiger partial charge in [0, 0.05) is 6.20 Å². The summed E-state index contributed by atoms with van der Waals surface area (Å²) in [6.45, 7) is 3.93. The molecular weight excluding hydrogens is 278 g/mol. The highest BCUT2D eigenvalue weighted by atomic mass is 35.5. The Balaban J connectivity index is 2.44. The van der Waals surface area contributed by atoms with Gasteiger partial charge in [0.2, 0.25) is 0 Å². The molecule has 1 heterocycles. The fourth-order valence-electron chi connectivity index (χ4n) is 1.81. The van der Waals surface area contributed by atoms with Gasteiger partial charge in [-0.1, -0.05) is 29.9 Å². The van der Waals surface area contributed by atoms with Crippen LogP contribution in [-0.2, 0) is 0 Å². The molecule has 3 N–H and O–H groups in total. The number of nitrogens with zero attached hydrogens (tertiary/aromatic N) is 1. The molecule has 0 saturated heterocycles. The fraction of sp³-hybridized carbons (Fsp3) is 0.143. The van der Waals surface area contributed by atoms with Gasteiger partial charge in [-0.15, -0.1) is 0 Å². The predicted octanol–water partition coefficient (Wildman–Crippen LogP) is 3.73. The van der Waals surface area contributed by atoms with Crippen LogP contribution in [0.25, 0.3) is 0 Å². The lowest BCUT2D eigenvalue weighted by atomic mass is 10.1. The molecule has 19 heavy (non-hydrogen) atoms. The summed E-state index contributed by atoms with van der Waals surface area (Å²) in [5, 5.41) is 3.82. The summed E-state index contributed by atoms with van der Waals surface area (Å²) in [5.41, 5.74) is 9.35. The smallest absolute Gasteiger partial charge is 0.140 e. The van der Waals surface area contributed by atoms with Gasteiger partial charge in [0.25, 0.3) is 0 Å². The van der Waals surface area contributed by atoms with Gasteiger partial charge in [-0.05, 0) is 43.2 Å². The van der Waals surface area contributed by atoms with Crippen LogP contribution in [0.5, 0.6) is 0 Å². The normalized spacial score (nSPS) is 10.3. The minimum Gasteiger partial charge on any atom is -0.389 e. The van der Waals surface area contributed by atoms with E-state index in [9.17, 15) is 0 Å². The first-order valence-electron chi connectivity index (χ1n) is 5.77. The zero-order valence-electron chi connectivity index (χ0n) is 10.7. The van der Waals surface area contributed by atoms with Crippen molar-refractivity contribution >= 4 is 40.3 Å². The molecule has 1 aromatic heterocycles. The number of nitrogens with one attached hydrogen (secondary N) is 1. The maximum atomic E-state index is 6.20. The van der Waals surface area contributed by atoms with Crippen molar-refractivity contribution in [3.8, 4) is 0 Å². The van der Waals surface area contributed by atoms with Gasteiger partial charge in [0.05, 0.1) is 16.3 Å². The van der Waals surface area contributed by atoms with Crippen LogP contribution >= 0.6 is 23.8 Å². The van der Waals surface area contributed by atoms with E-state index in [2.05, 4.69) is 10.3 Å². The van der Waals surface area contributed by atoms with E-state index in [-0.39, 0.29) is 0 Å². The number of anilines is 2. The van der Waals surface area contributed by atoms with Gasteiger partial charge in [-0.2, -0.15) is 0 Å². The molecule has 0 bridgehead atoms. The summed E-state index contributed by atoms with van der Waals surface area (Å²) >= 11 is 11.3. The molecule has 98 valence electrons. The molecular formula is C14H14ClN3S. The van der Waals surface area contributed by atoms with Crippen LogP contribution in [0.2, 0.25) is 5.02 Å². The third-order valence-electron chi connectivity index (χ3n) is 2.78. The molecule has 5 heteroatoms. The number of hydrogen-bond donors (Lipinski definition) is 2. The van der Waals surface area contributed by atoms with E-state index in [1.54, 1.807) is 6.20 Å². The molecule has 0 unspecified atom stereocenters. The van der Waals surface area contributed by atoms with E-state index < -0.39 is 0 Å². The third kappa shape index (κ3) is 3.03. The topological polar surface area (TPSA) is 50.9 Å². The maximum Gasteiger partial charge on any atom is 0.140 e. The number of nitrogens with two attached hydrogens (primary N) is 1. The zero-order chi connectivity index (χ0) is 14.0. The van der Waals surface area contributed by atoms with Crippen LogP contribution in [0.15, 0.2) is 30.5 Å². The molecule has 0 spiro atoms. The third-order valence-corrected chi connectivity index (χ3v) is 3.30. The van der Waals surface area contributed by atoms with E-state index in [0.29, 0.717) is 15.8 Å². The molecule has 3 nitrogen and oxygen atoms in total. The largest absolute Gasteiger partial charge is 0.389 e. The van der Waals surface area contributed by atoms with Crippen LogP contribution in [0.1, 0.15) is 16.7 Å². The Kier molecular flexibility index (Phi) is 4.02. The molecule has 0 saturated carbocycles. The molecule has 0 aliphatic rings. The Morgan fingerprint density at radius 3 is 2.68 bits per heavy atom. The lowest BCUT2D eigenvalue weighted by molar-refractivity contribution is 1.26. The second kappa shape index (κ2) is 5.55. The van der Waals surface area contributed by atoms with Crippen LogP contribution in [0, 0.1) is 13.8 Å². The molecule has 0 aliphatic carbocycles. The van der Waals surface area contributed by atoms with E-state index in [1.807, 2.05) is 38.1 Å². The van der Waals surface area contributed by atoms with Crippen LogP contribution in [0.4, 0.5) is 11.5 Å². The number of thiocarbonyl (C=S) groups is 1. The van der Waals surface area contributed by atoms with Crippen molar-refractivity contribution in [2.24, 2.45) is 5.73 Å². The molecule has 2 aromatic rings. The van der Waals surface area contributed by atoms with Gasteiger partial charge < -0.3 is 11.1 Å². The molecule has 0 radical (unpaired) electrons. The number of benzene rings is 1. The minimum atomic E-state index is 0.316. The summed E-state index contributed by atoms with van der Waals surface area (Å²) in [7, 11) is 0. The van der Waals surface area contributed by atoms with Crippen LogP contribution in [-0.4, -0.2) is 9.97 Å². The Morgan fingerprint density at radius 2 is 2.05 bits per heavy atom. The SMILES string of the molecule is Cc1ccc(Nc2nccc(C)c2C(N)=S)c(Cl)c1. The number of aryl methyl sites for hydroxylation is 2. The number of hydrogen-bond acceptors (Lipinski definition) is 3. The van der Waals surface area contributed by atoms with E-state index >= 15 is 0 Å². The number of pyridine rings is 1. The summed E-state index contributed by atoms with van der Waals surface area (Å²) in [4.78, 5) is 4.60. The predicted molar refractivity (Wildman–Crippen MR) is 84.3 cm³/mol. The van der Waals surface area contributed by atoms with Crippen molar-refractivity contribution in [1.29, 1.82) is 0 Å². The highest BCUT2D eigenvalue weighted by Gasteiger charge is 2.11. The van der Waals surface area contributed by atoms with Gasteiger partial charge in [-0.25, -0.2) is 4.98 Å². The lowest BCUT2D eigenvalue weighted by Gasteiger charge is -2.13. The standard InChI is InChI=1S/C14H14ClN3S/c1-8-3-4-11(10(15)7-8)18-14-12(13(16)19)9(2)5-6-17-14/h3-7H,1-2H3,(H2,16,19)(H,17,18). The second-order valence-electron chi connectivity index (χ2n) is 4.32.